The zero-order chi connectivity index (χ0) is 16.7. The van der Waals surface area contributed by atoms with Gasteiger partial charge in [-0.15, -0.1) is 0 Å². The summed E-state index contributed by atoms with van der Waals surface area (Å²) < 4.78 is 0. The van der Waals surface area contributed by atoms with Crippen LogP contribution in [0.3, 0.4) is 0 Å². The molecule has 2 rings (SSSR count). The van der Waals surface area contributed by atoms with Crippen LogP contribution in [0.2, 0.25) is 0 Å². The highest BCUT2D eigenvalue weighted by atomic mass is 16.4. The van der Waals surface area contributed by atoms with Gasteiger partial charge in [0.05, 0.1) is 5.92 Å². The van der Waals surface area contributed by atoms with E-state index >= 15 is 0 Å². The number of carbonyl (C=O) groups is 2. The average Bonchev–Trinajstić information content (AvgIpc) is 2.59. The van der Waals surface area contributed by atoms with Crippen molar-refractivity contribution < 1.29 is 14.7 Å². The highest BCUT2D eigenvalue weighted by Gasteiger charge is 2.23. The van der Waals surface area contributed by atoms with Crippen molar-refractivity contribution in [2.24, 2.45) is 5.92 Å². The van der Waals surface area contributed by atoms with Crippen LogP contribution < -0.4 is 5.32 Å². The van der Waals surface area contributed by atoms with E-state index in [9.17, 15) is 9.59 Å². The molecule has 0 saturated carbocycles. The summed E-state index contributed by atoms with van der Waals surface area (Å²) in [7, 11) is 0. The van der Waals surface area contributed by atoms with Crippen molar-refractivity contribution in [2.75, 3.05) is 13.1 Å². The zero-order valence-electron chi connectivity index (χ0n) is 12.6. The van der Waals surface area contributed by atoms with Crippen LogP contribution >= 0.6 is 0 Å². The maximum absolute atomic E-state index is 12.1. The molecule has 1 aliphatic rings. The van der Waals surface area contributed by atoms with Crippen molar-refractivity contribution in [3.63, 3.8) is 0 Å². The summed E-state index contributed by atoms with van der Waals surface area (Å²) in [5, 5.41) is 20.8. The van der Waals surface area contributed by atoms with E-state index in [1.165, 1.54) is 6.20 Å². The summed E-state index contributed by atoms with van der Waals surface area (Å²) in [6.07, 6.45) is 5.83. The van der Waals surface area contributed by atoms with E-state index < -0.39 is 11.9 Å². The Labute approximate surface area is 134 Å². The lowest BCUT2D eigenvalue weighted by molar-refractivity contribution is -0.143. The summed E-state index contributed by atoms with van der Waals surface area (Å²) >= 11 is 0. The molecule has 120 valence electrons. The minimum Gasteiger partial charge on any atom is -0.481 e. The van der Waals surface area contributed by atoms with E-state index in [0.717, 1.165) is 5.56 Å². The number of nitrogens with one attached hydrogen (secondary N) is 1. The van der Waals surface area contributed by atoms with Gasteiger partial charge in [0.15, 0.2) is 0 Å². The van der Waals surface area contributed by atoms with E-state index in [-0.39, 0.29) is 11.5 Å². The summed E-state index contributed by atoms with van der Waals surface area (Å²) in [6.45, 7) is 1.35. The van der Waals surface area contributed by atoms with Gasteiger partial charge >= 0.3 is 5.97 Å². The normalized spacial score (nSPS) is 15.8. The minimum absolute atomic E-state index is 0.0164. The van der Waals surface area contributed by atoms with E-state index in [0.29, 0.717) is 32.5 Å². The number of nitrogens with zero attached hydrogens (tertiary/aromatic N) is 3. The van der Waals surface area contributed by atoms with Gasteiger partial charge < -0.3 is 15.3 Å². The Hall–Kier alpha value is -2.88. The van der Waals surface area contributed by atoms with Gasteiger partial charge in [0.25, 0.3) is 5.91 Å². The number of aromatic nitrogens is 1. The molecule has 2 N–H and O–H groups in total. The number of hydrogen-bond donors (Lipinski definition) is 2. The van der Waals surface area contributed by atoms with E-state index in [4.69, 9.17) is 10.4 Å². The quantitative estimate of drug-likeness (QED) is 0.618. The summed E-state index contributed by atoms with van der Waals surface area (Å²) in [4.78, 5) is 28.7. The van der Waals surface area contributed by atoms with Gasteiger partial charge in [0.1, 0.15) is 11.6 Å². The molecular weight excluding hydrogens is 296 g/mol. The highest BCUT2D eigenvalue weighted by molar-refractivity contribution is 5.97. The first kappa shape index (κ1) is 16.5. The molecule has 0 unspecified atom stereocenters. The SMILES string of the molecule is N#C/C(=C/N1CCC(C(=O)O)CC1)C(=O)NCc1cccnc1. The molecule has 1 saturated heterocycles. The lowest BCUT2D eigenvalue weighted by atomic mass is 9.97. The van der Waals surface area contributed by atoms with E-state index in [2.05, 4.69) is 10.3 Å². The molecule has 1 fully saturated rings. The molecule has 1 aromatic rings. The smallest absolute Gasteiger partial charge is 0.306 e. The number of amides is 1. The van der Waals surface area contributed by atoms with Gasteiger partial charge in [-0.05, 0) is 24.5 Å². The molecule has 7 heteroatoms. The van der Waals surface area contributed by atoms with Crippen molar-refractivity contribution in [1.29, 1.82) is 5.26 Å². The number of carbonyl (C=O) groups excluding carboxylic acids is 1. The lowest BCUT2D eigenvalue weighted by Gasteiger charge is -2.29. The summed E-state index contributed by atoms with van der Waals surface area (Å²) in [6, 6.07) is 5.50. The maximum Gasteiger partial charge on any atom is 0.306 e. The van der Waals surface area contributed by atoms with Crippen molar-refractivity contribution in [3.8, 4) is 6.07 Å². The van der Waals surface area contributed by atoms with Crippen LogP contribution in [-0.4, -0.2) is 40.0 Å². The second kappa shape index (κ2) is 7.94. The first-order valence-electron chi connectivity index (χ1n) is 7.36. The van der Waals surface area contributed by atoms with Crippen LogP contribution in [0.5, 0.6) is 0 Å². The van der Waals surface area contributed by atoms with Gasteiger partial charge in [0.2, 0.25) is 0 Å². The maximum atomic E-state index is 12.1. The van der Waals surface area contributed by atoms with Crippen LogP contribution in [0, 0.1) is 17.2 Å². The highest BCUT2D eigenvalue weighted by Crippen LogP contribution is 2.18. The fraction of sp³-hybridized carbons (Fsp3) is 0.375. The number of piperidine rings is 1. The number of likely N-dealkylation sites (tertiary alicyclic amines) is 1. The standard InChI is InChI=1S/C16H18N4O3/c17-8-14(11-20-6-3-13(4-7-20)16(22)23)15(21)19-10-12-2-1-5-18-9-12/h1-2,5,9,11,13H,3-4,6-7,10H2,(H,19,21)(H,22,23)/b14-11-. The molecule has 0 radical (unpaired) electrons. The largest absolute Gasteiger partial charge is 0.481 e. The van der Waals surface area contributed by atoms with Gasteiger partial charge in [-0.2, -0.15) is 5.26 Å². The Morgan fingerprint density at radius 2 is 2.22 bits per heavy atom. The number of carboxylic acid groups (broad SMARTS) is 1. The van der Waals surface area contributed by atoms with Crippen LogP contribution in [-0.2, 0) is 16.1 Å². The van der Waals surface area contributed by atoms with E-state index in [1.54, 1.807) is 18.5 Å². The predicted molar refractivity (Wildman–Crippen MR) is 81.7 cm³/mol. The van der Waals surface area contributed by atoms with Crippen molar-refractivity contribution in [1.82, 2.24) is 15.2 Å². The summed E-state index contributed by atoms with van der Waals surface area (Å²) in [5.74, 6) is -1.58. The molecule has 0 aromatic carbocycles. The average molecular weight is 314 g/mol. The lowest BCUT2D eigenvalue weighted by Crippen LogP contribution is -2.34. The summed E-state index contributed by atoms with van der Waals surface area (Å²) in [5.41, 5.74) is 0.864. The molecule has 0 atom stereocenters. The second-order valence-corrected chi connectivity index (χ2v) is 5.35. The monoisotopic (exact) mass is 314 g/mol. The first-order chi connectivity index (χ1) is 11.1. The minimum atomic E-state index is -0.789. The number of pyridine rings is 1. The first-order valence-corrected chi connectivity index (χ1v) is 7.36. The van der Waals surface area contributed by atoms with Crippen LogP contribution in [0.15, 0.2) is 36.3 Å². The molecule has 1 aliphatic heterocycles. The van der Waals surface area contributed by atoms with Gasteiger partial charge in [-0.3, -0.25) is 14.6 Å². The molecule has 1 aromatic heterocycles. The fourth-order valence-electron chi connectivity index (χ4n) is 2.38. The van der Waals surface area contributed by atoms with Gasteiger partial charge in [0, 0.05) is 38.2 Å². The molecule has 1 amide bonds. The van der Waals surface area contributed by atoms with Crippen LogP contribution in [0.1, 0.15) is 18.4 Å². The Kier molecular flexibility index (Phi) is 5.69. The van der Waals surface area contributed by atoms with Gasteiger partial charge in [-0.1, -0.05) is 6.07 Å². The van der Waals surface area contributed by atoms with Crippen molar-refractivity contribution in [2.45, 2.75) is 19.4 Å². The van der Waals surface area contributed by atoms with Crippen LogP contribution in [0.25, 0.3) is 0 Å². The Morgan fingerprint density at radius 3 is 2.78 bits per heavy atom. The molecule has 7 nitrogen and oxygen atoms in total. The number of carboxylic acids is 1. The third-order valence-electron chi connectivity index (χ3n) is 3.73. The number of rotatable bonds is 5. The number of hydrogen-bond acceptors (Lipinski definition) is 5. The Balaban J connectivity index is 1.90. The zero-order valence-corrected chi connectivity index (χ0v) is 12.6. The topological polar surface area (TPSA) is 106 Å². The predicted octanol–water partition coefficient (Wildman–Crippen LogP) is 0.902. The van der Waals surface area contributed by atoms with E-state index in [1.807, 2.05) is 17.0 Å². The molecule has 23 heavy (non-hydrogen) atoms. The molecule has 2 heterocycles. The Bertz CT molecular complexity index is 628. The van der Waals surface area contributed by atoms with Crippen molar-refractivity contribution >= 4 is 11.9 Å². The molecule has 0 aliphatic carbocycles. The van der Waals surface area contributed by atoms with Crippen LogP contribution in [0.4, 0.5) is 0 Å². The molecular formula is C16H18N4O3. The van der Waals surface area contributed by atoms with Gasteiger partial charge in [-0.25, -0.2) is 0 Å². The third kappa shape index (κ3) is 4.81. The molecule has 0 spiro atoms. The number of nitriles is 1. The van der Waals surface area contributed by atoms with Crippen molar-refractivity contribution in [3.05, 3.63) is 41.9 Å². The molecule has 0 bridgehead atoms. The fourth-order valence-corrected chi connectivity index (χ4v) is 2.38. The Morgan fingerprint density at radius 1 is 1.48 bits per heavy atom. The third-order valence-corrected chi connectivity index (χ3v) is 3.73. The number of aliphatic carboxylic acids is 1. The second-order valence-electron chi connectivity index (χ2n) is 5.35.